The van der Waals surface area contributed by atoms with Crippen LogP contribution in [0.1, 0.15) is 107 Å². The number of nitrogens with zero attached hydrogens (tertiary/aromatic N) is 4. The normalized spacial score (nSPS) is 14.9. The minimum Gasteiger partial charge on any atom is -0.657 e. The molecule has 4 radical (unpaired) electrons. The molecule has 0 spiro atoms. The van der Waals surface area contributed by atoms with E-state index in [2.05, 4.69) is 6.58 Å². The van der Waals surface area contributed by atoms with Gasteiger partial charge >= 0.3 is 35.0 Å². The molecule has 0 aliphatic carbocycles. The van der Waals surface area contributed by atoms with E-state index in [1.54, 1.807) is 19.1 Å². The summed E-state index contributed by atoms with van der Waals surface area (Å²) in [5, 5.41) is 29.8. The molecule has 10 nitrogen and oxygen atoms in total. The fourth-order valence-corrected chi connectivity index (χ4v) is 6.37. The Kier molecular flexibility index (Phi) is 16.8. The van der Waals surface area contributed by atoms with Gasteiger partial charge in [-0.15, -0.1) is 22.1 Å². The van der Waals surface area contributed by atoms with Crippen molar-refractivity contribution >= 4 is 146 Å². The Labute approximate surface area is 356 Å². The number of hydrogen-bond acceptors (Lipinski definition) is 5. The largest absolute Gasteiger partial charge is 2.00 e. The summed E-state index contributed by atoms with van der Waals surface area (Å²) in [5.74, 6) is -4.21. The van der Waals surface area contributed by atoms with E-state index in [1.165, 1.54) is 0 Å². The summed E-state index contributed by atoms with van der Waals surface area (Å²) < 4.78 is 0. The maximum Gasteiger partial charge on any atom is 2.00 e. The molecule has 0 fully saturated rings. The molecule has 5 heterocycles. The van der Waals surface area contributed by atoms with Gasteiger partial charge in [0, 0.05) is 124 Å². The summed E-state index contributed by atoms with van der Waals surface area (Å²) in [6, 6.07) is 5.50. The van der Waals surface area contributed by atoms with E-state index >= 15 is 0 Å². The Balaban J connectivity index is 0.00000288. The van der Waals surface area contributed by atoms with Gasteiger partial charge in [0.25, 0.3) is 0 Å². The standard InChI is InChI=1S/C34H36N4O6.Cu.3Na/c1-7-19-15(3)23-12-25-17(5)21(9-10-29(39)40)32(37-25)22(11-30(41)42)33-31(34(43)44)18(6)26(38-33)14-28-20(8-2)16(4)24(36-28)13-27(19)35-23;;;;/h7,12-14,17,21H,1,8-11H2,2-6H3,(H5,35,36,37,38,39,40,41,42,43,44);;;;/q;+2;;;/p-2. The smallest absolute Gasteiger partial charge is 0.657 e. The number of aromatic carboxylic acids is 1. The molecule has 0 amide bonds. The zero-order valence-corrected chi connectivity index (χ0v) is 35.6. The first-order chi connectivity index (χ1) is 20.9. The molecule has 5 rings (SSSR count). The number of aliphatic carboxylic acids is 2. The number of fused-ring (bicyclic) bond motifs is 8. The molecule has 48 heavy (non-hydrogen) atoms. The van der Waals surface area contributed by atoms with Crippen molar-refractivity contribution in [3.8, 4) is 0 Å². The second-order valence-electron chi connectivity index (χ2n) is 11.3. The van der Waals surface area contributed by atoms with Gasteiger partial charge in [-0.2, -0.15) is 0 Å². The predicted molar refractivity (Wildman–Crippen MR) is 185 cm³/mol. The second kappa shape index (κ2) is 18.1. The zero-order valence-electron chi connectivity index (χ0n) is 28.7. The summed E-state index contributed by atoms with van der Waals surface area (Å²) in [5.41, 5.74) is 8.16. The van der Waals surface area contributed by atoms with E-state index in [1.807, 2.05) is 39.8 Å². The van der Waals surface area contributed by atoms with Gasteiger partial charge in [0.2, 0.25) is 0 Å². The minimum absolute atomic E-state index is 0. The number of carboxylic acid groups (broad SMARTS) is 3. The third-order valence-corrected chi connectivity index (χ3v) is 8.79. The van der Waals surface area contributed by atoms with Gasteiger partial charge in [-0.25, -0.2) is 9.78 Å². The molecular weight excluding hydrogens is 693 g/mol. The number of carbonyl (C=O) groups is 3. The van der Waals surface area contributed by atoms with Gasteiger partial charge in [-0.1, -0.05) is 55.8 Å². The topological polar surface area (TPSA) is 166 Å². The molecule has 14 heteroatoms. The predicted octanol–water partition coefficient (Wildman–Crippen LogP) is 5.11. The van der Waals surface area contributed by atoms with Crippen LogP contribution in [0.2, 0.25) is 0 Å². The Morgan fingerprint density at radius 1 is 0.896 bits per heavy atom. The maximum absolute atomic E-state index is 12.7. The van der Waals surface area contributed by atoms with Crippen LogP contribution >= 0.6 is 0 Å². The van der Waals surface area contributed by atoms with Crippen LogP contribution in [0.25, 0.3) is 39.3 Å². The van der Waals surface area contributed by atoms with Crippen molar-refractivity contribution in [2.24, 2.45) is 0 Å². The number of allylic oxidation sites excluding steroid dienone is 2. The average molecular weight is 727 g/mol. The number of hydrogen-bond donors (Lipinski definition) is 3. The molecule has 2 unspecified atom stereocenters. The van der Waals surface area contributed by atoms with Crippen LogP contribution in [-0.4, -0.2) is 132 Å². The molecule has 3 aromatic rings. The summed E-state index contributed by atoms with van der Waals surface area (Å²) >= 11 is 0. The molecule has 0 saturated heterocycles. The molecule has 3 aromatic heterocycles. The van der Waals surface area contributed by atoms with Crippen molar-refractivity contribution in [3.63, 3.8) is 0 Å². The molecule has 2 aliphatic heterocycles. The van der Waals surface area contributed by atoms with Gasteiger partial charge in [0.05, 0.1) is 17.8 Å². The molecule has 0 aromatic carbocycles. The van der Waals surface area contributed by atoms with Crippen LogP contribution < -0.4 is 9.97 Å². The maximum atomic E-state index is 12.7. The van der Waals surface area contributed by atoms with Crippen molar-refractivity contribution in [1.29, 1.82) is 0 Å². The van der Waals surface area contributed by atoms with Crippen molar-refractivity contribution in [1.82, 2.24) is 19.9 Å². The minimum atomic E-state index is -1.24. The number of aromatic nitrogens is 4. The van der Waals surface area contributed by atoms with Gasteiger partial charge in [-0.3, -0.25) is 14.6 Å². The molecule has 8 bridgehead atoms. The fraction of sp³-hybridized carbons (Fsp3) is 0.324. The molecular formula is C34H34CuN4Na3O6. The first-order valence-electron chi connectivity index (χ1n) is 14.5. The van der Waals surface area contributed by atoms with Crippen LogP contribution in [0, 0.1) is 13.8 Å². The van der Waals surface area contributed by atoms with E-state index in [0.29, 0.717) is 45.6 Å². The van der Waals surface area contributed by atoms with Crippen LogP contribution in [-0.2, 0) is 33.1 Å². The first-order valence-corrected chi connectivity index (χ1v) is 14.5. The molecule has 3 N–H and O–H groups in total. The van der Waals surface area contributed by atoms with Gasteiger partial charge in [0.15, 0.2) is 0 Å². The van der Waals surface area contributed by atoms with E-state index in [9.17, 15) is 29.7 Å². The third kappa shape index (κ3) is 8.52. The van der Waals surface area contributed by atoms with E-state index in [0.717, 1.165) is 28.0 Å². The Morgan fingerprint density at radius 3 is 2.08 bits per heavy atom. The Morgan fingerprint density at radius 2 is 1.52 bits per heavy atom. The first kappa shape index (κ1) is 44.6. The van der Waals surface area contributed by atoms with Gasteiger partial charge in [0.1, 0.15) is 0 Å². The van der Waals surface area contributed by atoms with Crippen molar-refractivity contribution in [3.05, 3.63) is 75.4 Å². The zero-order chi connectivity index (χ0) is 32.0. The Hall–Kier alpha value is -1.47. The summed E-state index contributed by atoms with van der Waals surface area (Å²) in [6.45, 7) is 13.5. The summed E-state index contributed by atoms with van der Waals surface area (Å²) in [6.07, 6.45) is 1.90. The Bertz CT molecular complexity index is 1970. The summed E-state index contributed by atoms with van der Waals surface area (Å²) in [7, 11) is 0. The van der Waals surface area contributed by atoms with Crippen molar-refractivity contribution < 1.29 is 46.8 Å². The van der Waals surface area contributed by atoms with E-state index < -0.39 is 30.2 Å². The van der Waals surface area contributed by atoms with Crippen LogP contribution in [0.4, 0.5) is 0 Å². The number of rotatable bonds is 8. The van der Waals surface area contributed by atoms with Crippen LogP contribution in [0.5, 0.6) is 0 Å². The van der Waals surface area contributed by atoms with Gasteiger partial charge in [-0.05, 0) is 55.9 Å². The van der Waals surface area contributed by atoms with Crippen molar-refractivity contribution in [2.45, 2.75) is 72.1 Å². The summed E-state index contributed by atoms with van der Waals surface area (Å²) in [4.78, 5) is 56.0. The average Bonchev–Trinajstić information content (AvgIpc) is 3.63. The molecule has 2 aliphatic rings. The third-order valence-electron chi connectivity index (χ3n) is 8.79. The molecule has 0 saturated carbocycles. The quantitative estimate of drug-likeness (QED) is 0.266. The monoisotopic (exact) mass is 726 g/mol. The fourth-order valence-electron chi connectivity index (χ4n) is 6.37. The number of carboxylic acids is 3. The van der Waals surface area contributed by atoms with Crippen LogP contribution in [0.3, 0.4) is 0 Å². The molecule has 2 atom stereocenters. The second-order valence-corrected chi connectivity index (χ2v) is 11.3. The molecule has 240 valence electrons. The SMILES string of the molecule is C=Cc1c(C)c2cc3nc(c(CC(=O)O)c4[n-]c(cc5nc(cc1[n-]2)C(C)=C5CC)c(C)c4C(=O)O)C(CCC(=O)O)C3C.[Cu+2].[Na].[Na].[Na]. The van der Waals surface area contributed by atoms with Gasteiger partial charge < -0.3 is 25.3 Å². The van der Waals surface area contributed by atoms with Crippen molar-refractivity contribution in [2.75, 3.05) is 0 Å². The van der Waals surface area contributed by atoms with E-state index in [-0.39, 0.29) is 141 Å². The van der Waals surface area contributed by atoms with Crippen LogP contribution in [0.15, 0.2) is 24.8 Å². The van der Waals surface area contributed by atoms with E-state index in [4.69, 9.17) is 19.9 Å². The number of aryl methyl sites for hydroxylation is 2.